The third-order valence-corrected chi connectivity index (χ3v) is 8.97. The van der Waals surface area contributed by atoms with Crippen molar-refractivity contribution in [1.82, 2.24) is 14.5 Å². The standard InChI is InChI=1S/C37H31N3O4/c1-42-23-17-30(43-2)26(31(18-23)44-3)20-39-21-27-32-25-14-8-10-16-29(25)40(19-22-11-5-4-6-12-22)36(32)35-33(34(27)37(39)41)24-13-7-9-15-28(24)38-35/h4-18,38H,19-21H2,1-3H3. The molecule has 2 aromatic heterocycles. The number of hydrogen-bond donors (Lipinski definition) is 1. The second-order valence-corrected chi connectivity index (χ2v) is 11.3. The van der Waals surface area contributed by atoms with Crippen molar-refractivity contribution in [3.8, 4) is 17.2 Å². The Hall–Kier alpha value is -5.43. The van der Waals surface area contributed by atoms with Gasteiger partial charge < -0.3 is 28.7 Å². The molecule has 1 aliphatic rings. The Morgan fingerprint density at radius 3 is 2.16 bits per heavy atom. The molecular weight excluding hydrogens is 550 g/mol. The summed E-state index contributed by atoms with van der Waals surface area (Å²) in [6.45, 7) is 1.52. The third kappa shape index (κ3) is 3.78. The highest BCUT2D eigenvalue weighted by Gasteiger charge is 2.36. The van der Waals surface area contributed by atoms with Gasteiger partial charge in [0.2, 0.25) is 0 Å². The number of nitrogens with one attached hydrogen (secondary N) is 1. The molecule has 218 valence electrons. The Kier molecular flexibility index (Phi) is 6.01. The first-order valence-corrected chi connectivity index (χ1v) is 14.7. The molecule has 0 radical (unpaired) electrons. The van der Waals surface area contributed by atoms with E-state index in [0.29, 0.717) is 36.9 Å². The summed E-state index contributed by atoms with van der Waals surface area (Å²) in [6.07, 6.45) is 0. The number of H-pyrrole nitrogens is 1. The van der Waals surface area contributed by atoms with Crippen LogP contribution in [0.4, 0.5) is 0 Å². The first-order valence-electron chi connectivity index (χ1n) is 14.7. The minimum absolute atomic E-state index is 0.00327. The quantitative estimate of drug-likeness (QED) is 0.210. The maximum atomic E-state index is 14.6. The average Bonchev–Trinajstić information content (AvgIpc) is 3.71. The number of aromatic amines is 1. The van der Waals surface area contributed by atoms with Crippen LogP contribution in [0.2, 0.25) is 0 Å². The summed E-state index contributed by atoms with van der Waals surface area (Å²) in [4.78, 5) is 20.2. The maximum Gasteiger partial charge on any atom is 0.255 e. The summed E-state index contributed by atoms with van der Waals surface area (Å²) >= 11 is 0. The van der Waals surface area contributed by atoms with E-state index in [2.05, 4.69) is 70.2 Å². The van der Waals surface area contributed by atoms with Crippen LogP contribution in [0.25, 0.3) is 43.6 Å². The molecule has 0 aliphatic carbocycles. The van der Waals surface area contributed by atoms with Gasteiger partial charge in [0.25, 0.3) is 5.91 Å². The number of benzene rings is 5. The lowest BCUT2D eigenvalue weighted by Gasteiger charge is -2.20. The number of para-hydroxylation sites is 2. The van der Waals surface area contributed by atoms with Crippen LogP contribution in [0.5, 0.6) is 17.2 Å². The summed E-state index contributed by atoms with van der Waals surface area (Å²) in [5.41, 5.74) is 8.10. The van der Waals surface area contributed by atoms with Crippen molar-refractivity contribution < 1.29 is 19.0 Å². The summed E-state index contributed by atoms with van der Waals surface area (Å²) in [6, 6.07) is 31.0. The van der Waals surface area contributed by atoms with Crippen molar-refractivity contribution in [3.05, 3.63) is 113 Å². The summed E-state index contributed by atoms with van der Waals surface area (Å²) < 4.78 is 19.4. The number of aromatic nitrogens is 2. The molecule has 5 aromatic carbocycles. The predicted octanol–water partition coefficient (Wildman–Crippen LogP) is 7.66. The van der Waals surface area contributed by atoms with Gasteiger partial charge in [0.1, 0.15) is 17.2 Å². The van der Waals surface area contributed by atoms with E-state index in [0.717, 1.165) is 60.3 Å². The zero-order valence-corrected chi connectivity index (χ0v) is 24.8. The van der Waals surface area contributed by atoms with Crippen LogP contribution in [0, 0.1) is 0 Å². The lowest BCUT2D eigenvalue weighted by molar-refractivity contribution is 0.0766. The molecular formula is C37H31N3O4. The number of carbonyl (C=O) groups is 1. The Morgan fingerprint density at radius 2 is 1.43 bits per heavy atom. The molecule has 44 heavy (non-hydrogen) atoms. The minimum Gasteiger partial charge on any atom is -0.496 e. The number of fused-ring (bicyclic) bond motifs is 10. The van der Waals surface area contributed by atoms with Crippen molar-refractivity contribution >= 4 is 49.5 Å². The maximum absolute atomic E-state index is 14.6. The van der Waals surface area contributed by atoms with Crippen LogP contribution in [0.15, 0.2) is 91.0 Å². The second-order valence-electron chi connectivity index (χ2n) is 11.3. The summed E-state index contributed by atoms with van der Waals surface area (Å²) in [7, 11) is 4.86. The first-order chi connectivity index (χ1) is 21.6. The molecule has 7 nitrogen and oxygen atoms in total. The van der Waals surface area contributed by atoms with Crippen molar-refractivity contribution in [3.63, 3.8) is 0 Å². The second kappa shape index (κ2) is 10.1. The Balaban J connectivity index is 1.40. The number of nitrogens with zero attached hydrogens (tertiary/aromatic N) is 2. The molecule has 0 fully saturated rings. The topological polar surface area (TPSA) is 68.7 Å². The minimum atomic E-state index is -0.00327. The molecule has 7 aromatic rings. The van der Waals surface area contributed by atoms with Crippen LogP contribution in [0.1, 0.15) is 27.0 Å². The SMILES string of the molecule is COc1cc(OC)c(CN2Cc3c(c4c5ccccc5[nH]c4c4c3c3ccccc3n4Cc3ccccc3)C2=O)c(OC)c1. The van der Waals surface area contributed by atoms with Crippen molar-refractivity contribution in [2.24, 2.45) is 0 Å². The van der Waals surface area contributed by atoms with Crippen molar-refractivity contribution in [2.75, 3.05) is 21.3 Å². The van der Waals surface area contributed by atoms with Gasteiger partial charge in [0, 0.05) is 57.8 Å². The van der Waals surface area contributed by atoms with Gasteiger partial charge in [-0.25, -0.2) is 0 Å². The molecule has 1 N–H and O–H groups in total. The van der Waals surface area contributed by atoms with Crippen molar-refractivity contribution in [1.29, 1.82) is 0 Å². The highest BCUT2D eigenvalue weighted by Crippen LogP contribution is 2.46. The van der Waals surface area contributed by atoms with E-state index in [-0.39, 0.29) is 5.91 Å². The van der Waals surface area contributed by atoms with Gasteiger partial charge in [-0.15, -0.1) is 0 Å². The number of rotatable bonds is 7. The molecule has 0 atom stereocenters. The van der Waals surface area contributed by atoms with Gasteiger partial charge in [-0.2, -0.15) is 0 Å². The monoisotopic (exact) mass is 581 g/mol. The normalized spacial score (nSPS) is 13.0. The van der Waals surface area contributed by atoms with Crippen LogP contribution in [-0.4, -0.2) is 41.7 Å². The van der Waals surface area contributed by atoms with Crippen LogP contribution in [0.3, 0.4) is 0 Å². The fourth-order valence-corrected chi connectivity index (χ4v) is 7.02. The molecule has 0 saturated heterocycles. The zero-order valence-electron chi connectivity index (χ0n) is 24.8. The van der Waals surface area contributed by atoms with E-state index in [1.165, 1.54) is 5.56 Å². The van der Waals surface area contributed by atoms with Crippen molar-refractivity contribution in [2.45, 2.75) is 19.6 Å². The molecule has 0 spiro atoms. The molecule has 1 amide bonds. The smallest absolute Gasteiger partial charge is 0.255 e. The van der Waals surface area contributed by atoms with E-state index in [1.54, 1.807) is 21.3 Å². The Morgan fingerprint density at radius 1 is 0.750 bits per heavy atom. The summed E-state index contributed by atoms with van der Waals surface area (Å²) in [5.74, 6) is 1.86. The zero-order chi connectivity index (χ0) is 29.9. The van der Waals surface area contributed by atoms with E-state index in [9.17, 15) is 4.79 Å². The van der Waals surface area contributed by atoms with Crippen LogP contribution < -0.4 is 14.2 Å². The molecule has 3 heterocycles. The van der Waals surface area contributed by atoms with E-state index in [1.807, 2.05) is 35.2 Å². The molecule has 0 bridgehead atoms. The third-order valence-electron chi connectivity index (χ3n) is 8.97. The Bertz CT molecular complexity index is 2220. The van der Waals surface area contributed by atoms with Gasteiger partial charge in [0.15, 0.2) is 0 Å². The number of carbonyl (C=O) groups excluding carboxylic acids is 1. The lowest BCUT2D eigenvalue weighted by Crippen LogP contribution is -2.24. The number of ether oxygens (including phenoxy) is 3. The number of methoxy groups -OCH3 is 3. The molecule has 7 heteroatoms. The average molecular weight is 582 g/mol. The van der Waals surface area contributed by atoms with E-state index >= 15 is 0 Å². The molecule has 8 rings (SSSR count). The predicted molar refractivity (Wildman–Crippen MR) is 174 cm³/mol. The number of amides is 1. The van der Waals surface area contributed by atoms with E-state index in [4.69, 9.17) is 14.2 Å². The van der Waals surface area contributed by atoms with Gasteiger partial charge in [-0.3, -0.25) is 4.79 Å². The highest BCUT2D eigenvalue weighted by molar-refractivity contribution is 6.30. The van der Waals surface area contributed by atoms with Gasteiger partial charge in [-0.1, -0.05) is 66.7 Å². The lowest BCUT2D eigenvalue weighted by atomic mass is 9.97. The molecule has 1 aliphatic heterocycles. The van der Waals surface area contributed by atoms with Crippen LogP contribution >= 0.6 is 0 Å². The highest BCUT2D eigenvalue weighted by atomic mass is 16.5. The first kappa shape index (κ1) is 26.2. The number of hydrogen-bond acceptors (Lipinski definition) is 4. The fourth-order valence-electron chi connectivity index (χ4n) is 7.02. The van der Waals surface area contributed by atoms with Crippen LogP contribution in [-0.2, 0) is 19.6 Å². The van der Waals surface area contributed by atoms with Gasteiger partial charge in [0.05, 0.1) is 50.0 Å². The molecule has 0 unspecified atom stereocenters. The molecule has 0 saturated carbocycles. The fraction of sp³-hybridized carbons (Fsp3) is 0.162. The largest absolute Gasteiger partial charge is 0.496 e. The van der Waals surface area contributed by atoms with Gasteiger partial charge in [-0.05, 0) is 23.3 Å². The van der Waals surface area contributed by atoms with E-state index < -0.39 is 0 Å². The van der Waals surface area contributed by atoms with Gasteiger partial charge >= 0.3 is 0 Å². The summed E-state index contributed by atoms with van der Waals surface area (Å²) in [5, 5.41) is 4.29. The Labute approximate surface area is 254 Å².